The summed E-state index contributed by atoms with van der Waals surface area (Å²) in [5, 5.41) is 6.26. The predicted molar refractivity (Wildman–Crippen MR) is 151 cm³/mol. The maximum absolute atomic E-state index is 13.7. The van der Waals surface area contributed by atoms with Crippen molar-refractivity contribution in [3.05, 3.63) is 63.8 Å². The molecule has 13 heteroatoms. The van der Waals surface area contributed by atoms with E-state index in [0.29, 0.717) is 28.7 Å². The van der Waals surface area contributed by atoms with Gasteiger partial charge in [0.15, 0.2) is 5.69 Å². The van der Waals surface area contributed by atoms with Crippen molar-refractivity contribution < 1.29 is 17.9 Å². The van der Waals surface area contributed by atoms with Crippen molar-refractivity contribution in [3.63, 3.8) is 0 Å². The van der Waals surface area contributed by atoms with E-state index in [2.05, 4.69) is 44.3 Å². The third-order valence-corrected chi connectivity index (χ3v) is 6.14. The van der Waals surface area contributed by atoms with Gasteiger partial charge in [0.1, 0.15) is 11.6 Å². The third kappa shape index (κ3) is 8.87. The van der Waals surface area contributed by atoms with Gasteiger partial charge in [0.2, 0.25) is 5.96 Å². The lowest BCUT2D eigenvalue weighted by Crippen LogP contribution is -2.23. The van der Waals surface area contributed by atoms with Crippen LogP contribution in [0.5, 0.6) is 5.75 Å². The van der Waals surface area contributed by atoms with Crippen LogP contribution in [0.25, 0.3) is 0 Å². The number of ether oxygens (including phenoxy) is 1. The molecule has 0 aliphatic rings. The second kappa shape index (κ2) is 13.2. The normalized spacial score (nSPS) is 12.2. The van der Waals surface area contributed by atoms with Crippen molar-refractivity contribution >= 4 is 52.3 Å². The highest BCUT2D eigenvalue weighted by Gasteiger charge is 2.34. The molecule has 0 saturated carbocycles. The van der Waals surface area contributed by atoms with Gasteiger partial charge in [0, 0.05) is 29.5 Å². The molecule has 0 amide bonds. The zero-order chi connectivity index (χ0) is 28.7. The summed E-state index contributed by atoms with van der Waals surface area (Å²) in [4.78, 5) is 13.8. The molecule has 0 radical (unpaired) electrons. The minimum atomic E-state index is -4.74. The summed E-state index contributed by atoms with van der Waals surface area (Å²) in [6.45, 7) is 10.2. The van der Waals surface area contributed by atoms with Crippen LogP contribution in [-0.4, -0.2) is 40.0 Å². The summed E-state index contributed by atoms with van der Waals surface area (Å²) >= 11 is 11.9. The van der Waals surface area contributed by atoms with Crippen LogP contribution in [-0.2, 0) is 12.7 Å². The molecule has 210 valence electrons. The zero-order valence-electron chi connectivity index (χ0n) is 21.9. The molecule has 0 bridgehead atoms. The number of alkyl halides is 3. The zero-order valence-corrected chi connectivity index (χ0v) is 23.4. The third-order valence-electron chi connectivity index (χ3n) is 5.40. The number of aliphatic imine (C=N–C) groups is 1. The van der Waals surface area contributed by atoms with Crippen LogP contribution in [0.3, 0.4) is 0 Å². The molecule has 1 aromatic heterocycles. The van der Waals surface area contributed by atoms with Crippen LogP contribution < -0.4 is 21.1 Å². The Labute approximate surface area is 235 Å². The fraction of sp³-hybridized carbons (Fsp3) is 0.346. The molecule has 0 unspecified atom stereocenters. The van der Waals surface area contributed by atoms with Crippen LogP contribution >= 0.6 is 23.2 Å². The SMILES string of the molecule is CCN(CC)Cc1cc(Nc2cc(C(F)(F)F)nc(N=C(N)Nc3ccc(Cl)c(Cl)c3)n2)ccc1OC(C)C. The van der Waals surface area contributed by atoms with Crippen molar-refractivity contribution in [2.45, 2.75) is 46.5 Å². The number of halogens is 5. The highest BCUT2D eigenvalue weighted by atomic mass is 35.5. The average molecular weight is 584 g/mol. The summed E-state index contributed by atoms with van der Waals surface area (Å²) in [7, 11) is 0. The van der Waals surface area contributed by atoms with Crippen LogP contribution in [0.2, 0.25) is 10.0 Å². The highest BCUT2D eigenvalue weighted by Crippen LogP contribution is 2.32. The van der Waals surface area contributed by atoms with Crippen LogP contribution in [0.15, 0.2) is 47.5 Å². The summed E-state index contributed by atoms with van der Waals surface area (Å²) in [6.07, 6.45) is -4.78. The van der Waals surface area contributed by atoms with Gasteiger partial charge in [-0.1, -0.05) is 37.0 Å². The minimum Gasteiger partial charge on any atom is -0.491 e. The lowest BCUT2D eigenvalue weighted by molar-refractivity contribution is -0.141. The molecule has 39 heavy (non-hydrogen) atoms. The Morgan fingerprint density at radius 1 is 1.03 bits per heavy atom. The minimum absolute atomic E-state index is 0.0427. The first-order valence-corrected chi connectivity index (χ1v) is 12.9. The lowest BCUT2D eigenvalue weighted by atomic mass is 10.1. The molecule has 0 spiro atoms. The van der Waals surface area contributed by atoms with Gasteiger partial charge in [0.05, 0.1) is 16.1 Å². The number of rotatable bonds is 10. The monoisotopic (exact) mass is 583 g/mol. The van der Waals surface area contributed by atoms with Crippen molar-refractivity contribution in [2.24, 2.45) is 10.7 Å². The van der Waals surface area contributed by atoms with Gasteiger partial charge in [-0.2, -0.15) is 23.1 Å². The first kappa shape index (κ1) is 30.3. The molecule has 1 heterocycles. The van der Waals surface area contributed by atoms with Crippen molar-refractivity contribution in [2.75, 3.05) is 23.7 Å². The van der Waals surface area contributed by atoms with E-state index in [1.165, 1.54) is 12.1 Å². The number of benzene rings is 2. The van der Waals surface area contributed by atoms with Crippen molar-refractivity contribution in [3.8, 4) is 5.75 Å². The molecule has 0 saturated heterocycles. The van der Waals surface area contributed by atoms with Gasteiger partial charge in [-0.25, -0.2) is 4.98 Å². The number of nitrogens with one attached hydrogen (secondary N) is 2. The van der Waals surface area contributed by atoms with E-state index in [-0.39, 0.29) is 22.9 Å². The smallest absolute Gasteiger partial charge is 0.433 e. The van der Waals surface area contributed by atoms with E-state index in [1.807, 2.05) is 19.9 Å². The molecule has 4 N–H and O–H groups in total. The average Bonchev–Trinajstić information content (AvgIpc) is 2.85. The van der Waals surface area contributed by atoms with E-state index in [1.54, 1.807) is 18.2 Å². The summed E-state index contributed by atoms with van der Waals surface area (Å²) in [5.74, 6) is -0.131. The summed E-state index contributed by atoms with van der Waals surface area (Å²) in [5.41, 5.74) is 6.56. The first-order chi connectivity index (χ1) is 18.4. The van der Waals surface area contributed by atoms with E-state index in [9.17, 15) is 13.2 Å². The fourth-order valence-electron chi connectivity index (χ4n) is 3.54. The number of aromatic nitrogens is 2. The topological polar surface area (TPSA) is 101 Å². The fourth-order valence-corrected chi connectivity index (χ4v) is 3.83. The first-order valence-electron chi connectivity index (χ1n) is 12.2. The quantitative estimate of drug-likeness (QED) is 0.171. The second-order valence-corrected chi connectivity index (χ2v) is 9.58. The number of hydrogen-bond acceptors (Lipinski definition) is 6. The Hall–Kier alpha value is -3.28. The number of hydrogen-bond donors (Lipinski definition) is 3. The maximum atomic E-state index is 13.7. The van der Waals surface area contributed by atoms with E-state index in [4.69, 9.17) is 33.7 Å². The number of anilines is 3. The Morgan fingerprint density at radius 2 is 1.72 bits per heavy atom. The maximum Gasteiger partial charge on any atom is 0.433 e. The summed E-state index contributed by atoms with van der Waals surface area (Å²) in [6, 6.07) is 10.7. The van der Waals surface area contributed by atoms with E-state index < -0.39 is 17.8 Å². The van der Waals surface area contributed by atoms with Crippen LogP contribution in [0, 0.1) is 0 Å². The Balaban J connectivity index is 1.94. The number of nitrogens with zero attached hydrogens (tertiary/aromatic N) is 4. The molecular formula is C26H30Cl2F3N7O. The molecule has 8 nitrogen and oxygen atoms in total. The van der Waals surface area contributed by atoms with Crippen molar-refractivity contribution in [1.82, 2.24) is 14.9 Å². The van der Waals surface area contributed by atoms with Gasteiger partial charge in [-0.05, 0) is 63.3 Å². The van der Waals surface area contributed by atoms with Crippen LogP contribution in [0.4, 0.5) is 36.3 Å². The molecule has 3 rings (SSSR count). The predicted octanol–water partition coefficient (Wildman–Crippen LogP) is 7.23. The van der Waals surface area contributed by atoms with Gasteiger partial charge >= 0.3 is 6.18 Å². The Kier molecular flexibility index (Phi) is 10.2. The van der Waals surface area contributed by atoms with E-state index in [0.717, 1.165) is 24.7 Å². The number of guanidine groups is 1. The molecule has 0 atom stereocenters. The largest absolute Gasteiger partial charge is 0.491 e. The standard InChI is InChI=1S/C26H30Cl2F3N7O/c1-5-38(6-2)14-16-11-17(8-10-21(16)39-15(3)4)33-23-13-22(26(29,30)31)35-25(36-23)37-24(32)34-18-7-9-19(27)20(28)12-18/h7-13,15H,5-6,14H2,1-4H3,(H4,32,33,34,35,36,37). The lowest BCUT2D eigenvalue weighted by Gasteiger charge is -2.22. The molecule has 0 fully saturated rings. The molecule has 0 aliphatic heterocycles. The van der Waals surface area contributed by atoms with E-state index >= 15 is 0 Å². The van der Waals surface area contributed by atoms with Gasteiger partial charge < -0.3 is 21.1 Å². The highest BCUT2D eigenvalue weighted by molar-refractivity contribution is 6.42. The number of nitrogens with two attached hydrogens (primary N) is 1. The van der Waals surface area contributed by atoms with Gasteiger partial charge in [-0.15, -0.1) is 0 Å². The molecule has 2 aromatic carbocycles. The van der Waals surface area contributed by atoms with Gasteiger partial charge in [0.25, 0.3) is 5.95 Å². The Bertz CT molecular complexity index is 1320. The summed E-state index contributed by atoms with van der Waals surface area (Å²) < 4.78 is 46.9. The Morgan fingerprint density at radius 3 is 2.33 bits per heavy atom. The van der Waals surface area contributed by atoms with Crippen LogP contribution in [0.1, 0.15) is 39.0 Å². The second-order valence-electron chi connectivity index (χ2n) is 8.76. The molecule has 3 aromatic rings. The molecular weight excluding hydrogens is 554 g/mol. The van der Waals surface area contributed by atoms with Crippen molar-refractivity contribution in [1.29, 1.82) is 0 Å². The van der Waals surface area contributed by atoms with Gasteiger partial charge in [-0.3, -0.25) is 4.90 Å². The molecule has 0 aliphatic carbocycles.